The van der Waals surface area contributed by atoms with Gasteiger partial charge in [0.25, 0.3) is 5.91 Å². The first-order valence-electron chi connectivity index (χ1n) is 8.34. The van der Waals surface area contributed by atoms with Crippen molar-refractivity contribution in [2.45, 2.75) is 6.10 Å². The van der Waals surface area contributed by atoms with Crippen LogP contribution in [0.1, 0.15) is 20.7 Å². The number of carbonyl (C=O) groups is 2. The van der Waals surface area contributed by atoms with Crippen LogP contribution in [0.3, 0.4) is 0 Å². The van der Waals surface area contributed by atoms with E-state index in [1.807, 2.05) is 12.1 Å². The highest BCUT2D eigenvalue weighted by atomic mass is 16.6. The number of aromatic nitrogens is 1. The number of likely N-dealkylation sites (N-methyl/N-ethyl adjacent to an activating group) is 1. The number of carbonyl (C=O) groups excluding carboxylic acids is 2. The van der Waals surface area contributed by atoms with Crippen LogP contribution < -0.4 is 5.73 Å². The molecule has 1 atom stereocenters. The van der Waals surface area contributed by atoms with Crippen molar-refractivity contribution in [2.75, 3.05) is 33.4 Å². The maximum absolute atomic E-state index is 12.6. The van der Waals surface area contributed by atoms with E-state index in [9.17, 15) is 9.59 Å². The Bertz CT molecular complexity index is 786. The van der Waals surface area contributed by atoms with Crippen LogP contribution in [0.2, 0.25) is 0 Å². The summed E-state index contributed by atoms with van der Waals surface area (Å²) in [5.74, 6) is -0.614. The largest absolute Gasteiger partial charge is 0.376 e. The van der Waals surface area contributed by atoms with Crippen LogP contribution in [0.5, 0.6) is 0 Å². The van der Waals surface area contributed by atoms with Gasteiger partial charge in [0.15, 0.2) is 0 Å². The van der Waals surface area contributed by atoms with Crippen molar-refractivity contribution < 1.29 is 19.1 Å². The van der Waals surface area contributed by atoms with Crippen molar-refractivity contribution in [3.63, 3.8) is 0 Å². The number of benzene rings is 1. The molecule has 0 unspecified atom stereocenters. The molecule has 1 fully saturated rings. The molecule has 1 saturated heterocycles. The van der Waals surface area contributed by atoms with Gasteiger partial charge in [-0.2, -0.15) is 0 Å². The highest BCUT2D eigenvalue weighted by Gasteiger charge is 2.20. The second-order valence-electron chi connectivity index (χ2n) is 6.16. The lowest BCUT2D eigenvalue weighted by molar-refractivity contribution is -0.0933. The number of ether oxygens (including phenoxy) is 2. The SMILES string of the molecule is CN(C[C@@H]1COCCO1)C(=O)c1ccc(-c2cncc(C(N)=O)c2)cc1. The molecular weight excluding hydrogens is 334 g/mol. The van der Waals surface area contributed by atoms with E-state index in [1.165, 1.54) is 6.20 Å². The molecule has 2 heterocycles. The van der Waals surface area contributed by atoms with E-state index in [0.29, 0.717) is 37.5 Å². The predicted octanol–water partition coefficient (Wildman–Crippen LogP) is 1.33. The smallest absolute Gasteiger partial charge is 0.253 e. The lowest BCUT2D eigenvalue weighted by Gasteiger charge is -2.27. The Morgan fingerprint density at radius 2 is 1.92 bits per heavy atom. The summed E-state index contributed by atoms with van der Waals surface area (Å²) in [6, 6.07) is 8.83. The molecule has 0 bridgehead atoms. The van der Waals surface area contributed by atoms with E-state index < -0.39 is 5.91 Å². The minimum atomic E-state index is -0.526. The Morgan fingerprint density at radius 3 is 2.58 bits per heavy atom. The molecule has 0 spiro atoms. The van der Waals surface area contributed by atoms with Crippen molar-refractivity contribution in [3.05, 3.63) is 53.9 Å². The molecule has 1 aromatic heterocycles. The molecule has 0 saturated carbocycles. The Kier molecular flexibility index (Phi) is 5.60. The van der Waals surface area contributed by atoms with Gasteiger partial charge in [-0.3, -0.25) is 14.6 Å². The molecule has 7 heteroatoms. The molecule has 2 N–H and O–H groups in total. The highest BCUT2D eigenvalue weighted by Crippen LogP contribution is 2.20. The van der Waals surface area contributed by atoms with Crippen molar-refractivity contribution in [2.24, 2.45) is 5.73 Å². The molecule has 0 radical (unpaired) electrons. The van der Waals surface area contributed by atoms with Crippen LogP contribution in [0.15, 0.2) is 42.7 Å². The zero-order valence-corrected chi connectivity index (χ0v) is 14.6. The molecule has 1 aromatic carbocycles. The number of nitrogens with zero attached hydrogens (tertiary/aromatic N) is 2. The quantitative estimate of drug-likeness (QED) is 0.873. The second-order valence-corrected chi connectivity index (χ2v) is 6.16. The molecule has 26 heavy (non-hydrogen) atoms. The first-order valence-corrected chi connectivity index (χ1v) is 8.34. The van der Waals surface area contributed by atoms with Gasteiger partial charge < -0.3 is 20.1 Å². The lowest BCUT2D eigenvalue weighted by atomic mass is 10.0. The molecule has 1 aliphatic rings. The zero-order chi connectivity index (χ0) is 18.5. The van der Waals surface area contributed by atoms with Crippen molar-refractivity contribution in [1.29, 1.82) is 0 Å². The highest BCUT2D eigenvalue weighted by molar-refractivity contribution is 5.95. The molecule has 3 rings (SSSR count). The van der Waals surface area contributed by atoms with Crippen LogP contribution >= 0.6 is 0 Å². The van der Waals surface area contributed by atoms with Gasteiger partial charge in [0.1, 0.15) is 0 Å². The standard InChI is InChI=1S/C19H21N3O4/c1-22(11-17-12-25-6-7-26-17)19(24)14-4-2-13(3-5-14)15-8-16(18(20)23)10-21-9-15/h2-5,8-10,17H,6-7,11-12H2,1H3,(H2,20,23)/t17-/m1/s1. The molecule has 2 aromatic rings. The average molecular weight is 355 g/mol. The van der Waals surface area contributed by atoms with E-state index in [2.05, 4.69) is 4.98 Å². The summed E-state index contributed by atoms with van der Waals surface area (Å²) in [4.78, 5) is 29.5. The van der Waals surface area contributed by atoms with Gasteiger partial charge in [-0.05, 0) is 23.8 Å². The third kappa shape index (κ3) is 4.25. The van der Waals surface area contributed by atoms with Gasteiger partial charge in [-0.1, -0.05) is 12.1 Å². The van der Waals surface area contributed by atoms with Crippen molar-refractivity contribution >= 4 is 11.8 Å². The summed E-state index contributed by atoms with van der Waals surface area (Å²) in [7, 11) is 1.74. The molecule has 1 aliphatic heterocycles. The van der Waals surface area contributed by atoms with E-state index >= 15 is 0 Å². The van der Waals surface area contributed by atoms with Crippen molar-refractivity contribution in [1.82, 2.24) is 9.88 Å². The van der Waals surface area contributed by atoms with Crippen LogP contribution in [-0.4, -0.2) is 61.2 Å². The molecular formula is C19H21N3O4. The number of pyridine rings is 1. The summed E-state index contributed by atoms with van der Waals surface area (Å²) in [6.45, 7) is 2.13. The van der Waals surface area contributed by atoms with Gasteiger partial charge in [0, 0.05) is 37.1 Å². The molecule has 7 nitrogen and oxygen atoms in total. The first-order chi connectivity index (χ1) is 12.5. The topological polar surface area (TPSA) is 94.8 Å². The average Bonchev–Trinajstić information content (AvgIpc) is 2.68. The Hall–Kier alpha value is -2.77. The van der Waals surface area contributed by atoms with Gasteiger partial charge in [0.05, 0.1) is 31.5 Å². The third-order valence-corrected chi connectivity index (χ3v) is 4.20. The minimum absolute atomic E-state index is 0.0882. The number of primary amides is 1. The van der Waals surface area contributed by atoms with Gasteiger partial charge in [-0.25, -0.2) is 0 Å². The molecule has 0 aliphatic carbocycles. The predicted molar refractivity (Wildman–Crippen MR) is 95.7 cm³/mol. The number of rotatable bonds is 5. The van der Waals surface area contributed by atoms with E-state index in [4.69, 9.17) is 15.2 Å². The number of hydrogen-bond donors (Lipinski definition) is 1. The molecule has 136 valence electrons. The van der Waals surface area contributed by atoms with E-state index in [-0.39, 0.29) is 12.0 Å². The fourth-order valence-corrected chi connectivity index (χ4v) is 2.79. The summed E-state index contributed by atoms with van der Waals surface area (Å²) >= 11 is 0. The minimum Gasteiger partial charge on any atom is -0.376 e. The summed E-state index contributed by atoms with van der Waals surface area (Å²) in [5.41, 5.74) is 7.82. The van der Waals surface area contributed by atoms with Gasteiger partial charge in [-0.15, -0.1) is 0 Å². The fraction of sp³-hybridized carbons (Fsp3) is 0.316. The number of hydrogen-bond acceptors (Lipinski definition) is 5. The van der Waals surface area contributed by atoms with Crippen molar-refractivity contribution in [3.8, 4) is 11.1 Å². The number of nitrogens with two attached hydrogens (primary N) is 1. The Balaban J connectivity index is 1.69. The first kappa shape index (κ1) is 18.0. The Labute approximate surface area is 151 Å². The number of amides is 2. The summed E-state index contributed by atoms with van der Waals surface area (Å²) < 4.78 is 10.9. The van der Waals surface area contributed by atoms with E-state index in [0.717, 1.165) is 11.1 Å². The summed E-state index contributed by atoms with van der Waals surface area (Å²) in [6.07, 6.45) is 2.98. The van der Waals surface area contributed by atoms with Crippen LogP contribution in [-0.2, 0) is 9.47 Å². The van der Waals surface area contributed by atoms with Crippen LogP contribution in [0, 0.1) is 0 Å². The maximum atomic E-state index is 12.6. The monoisotopic (exact) mass is 355 g/mol. The Morgan fingerprint density at radius 1 is 1.15 bits per heavy atom. The van der Waals surface area contributed by atoms with Gasteiger partial charge >= 0.3 is 0 Å². The lowest BCUT2D eigenvalue weighted by Crippen LogP contribution is -2.40. The normalized spacial score (nSPS) is 16.9. The third-order valence-electron chi connectivity index (χ3n) is 4.20. The zero-order valence-electron chi connectivity index (χ0n) is 14.6. The maximum Gasteiger partial charge on any atom is 0.253 e. The molecule has 2 amide bonds. The second kappa shape index (κ2) is 8.07. The van der Waals surface area contributed by atoms with E-state index in [1.54, 1.807) is 36.3 Å². The van der Waals surface area contributed by atoms with Crippen LogP contribution in [0.4, 0.5) is 0 Å². The summed E-state index contributed by atoms with van der Waals surface area (Å²) in [5, 5.41) is 0. The van der Waals surface area contributed by atoms with Gasteiger partial charge in [0.2, 0.25) is 5.91 Å². The fourth-order valence-electron chi connectivity index (χ4n) is 2.79. The van der Waals surface area contributed by atoms with Crippen LogP contribution in [0.25, 0.3) is 11.1 Å².